The molecular weight excluding hydrogens is 1110 g/mol. The van der Waals surface area contributed by atoms with Crippen LogP contribution in [0.4, 0.5) is 0 Å². The highest BCUT2D eigenvalue weighted by atomic mass is 16.7. The van der Waals surface area contributed by atoms with Crippen LogP contribution in [0.1, 0.15) is 117 Å². The third-order valence-electron chi connectivity index (χ3n) is 16.7. The Morgan fingerprint density at radius 3 is 1.82 bits per heavy atom. The molecule has 0 radical (unpaired) electrons. The van der Waals surface area contributed by atoms with Crippen LogP contribution in [0.3, 0.4) is 0 Å². The maximum absolute atomic E-state index is 15.1. The molecule has 2 aromatic rings. The molecule has 0 amide bonds. The average molecular weight is 1200 g/mol. The molecule has 8 rings (SSSR count). The van der Waals surface area contributed by atoms with E-state index >= 15 is 4.79 Å². The Balaban J connectivity index is 1.01. The van der Waals surface area contributed by atoms with Crippen molar-refractivity contribution in [3.63, 3.8) is 0 Å². The molecule has 25 atom stereocenters. The first-order valence-corrected chi connectivity index (χ1v) is 28.7. The third kappa shape index (κ3) is 14.3. The van der Waals surface area contributed by atoms with Crippen molar-refractivity contribution in [2.24, 2.45) is 11.8 Å². The number of carbonyl (C=O) groups excluding carboxylic acids is 4. The number of aliphatic hydroxyl groups excluding tert-OH is 5. The number of benzene rings is 2. The van der Waals surface area contributed by atoms with Gasteiger partial charge in [-0.1, -0.05) is 13.8 Å². The summed E-state index contributed by atoms with van der Waals surface area (Å²) < 4.78 is 84.3. The fraction of sp³-hybridized carbons (Fsp3) is 0.759. The summed E-state index contributed by atoms with van der Waals surface area (Å²) in [6, 6.07) is 4.18. The Morgan fingerprint density at radius 2 is 1.25 bits per heavy atom. The van der Waals surface area contributed by atoms with Crippen LogP contribution in [0.2, 0.25) is 0 Å². The molecule has 5 fully saturated rings. The van der Waals surface area contributed by atoms with Gasteiger partial charge < -0.3 is 107 Å². The summed E-state index contributed by atoms with van der Waals surface area (Å²) in [4.78, 5) is 53.9. The van der Waals surface area contributed by atoms with Gasteiger partial charge in [-0.05, 0) is 78.0 Å². The fourth-order valence-electron chi connectivity index (χ4n) is 12.3. The van der Waals surface area contributed by atoms with Gasteiger partial charge in [-0.3, -0.25) is 19.2 Å². The number of ether oxygens (including phenoxy) is 14. The Hall–Kier alpha value is -4.30. The van der Waals surface area contributed by atoms with E-state index < -0.39 is 194 Å². The predicted molar refractivity (Wildman–Crippen MR) is 287 cm³/mol. The van der Waals surface area contributed by atoms with Gasteiger partial charge in [0.2, 0.25) is 6.29 Å². The number of hydrogen-bond acceptors (Lipinski definition) is 26. The number of phenols is 2. The number of aromatic hydroxyl groups is 2. The molecule has 1 aliphatic carbocycles. The van der Waals surface area contributed by atoms with Crippen molar-refractivity contribution >= 4 is 34.3 Å². The van der Waals surface area contributed by atoms with Gasteiger partial charge in [-0.25, -0.2) is 0 Å². The highest BCUT2D eigenvalue weighted by Gasteiger charge is 2.53. The fourth-order valence-corrected chi connectivity index (χ4v) is 12.3. The number of methoxy groups -OCH3 is 2. The van der Waals surface area contributed by atoms with E-state index in [0.717, 1.165) is 0 Å². The molecule has 5 heterocycles. The minimum absolute atomic E-state index is 0.0401. The molecule has 0 unspecified atom stereocenters. The van der Waals surface area contributed by atoms with Crippen LogP contribution in [0.25, 0.3) is 10.8 Å². The van der Waals surface area contributed by atoms with Gasteiger partial charge in [0.05, 0.1) is 71.8 Å². The van der Waals surface area contributed by atoms with Gasteiger partial charge in [0, 0.05) is 65.2 Å². The molecule has 8 N–H and O–H groups in total. The maximum Gasteiger partial charge on any atom is 0.308 e. The highest BCUT2D eigenvalue weighted by Crippen LogP contribution is 2.46. The Bertz CT molecular complexity index is 2620. The second-order valence-corrected chi connectivity index (χ2v) is 23.7. The van der Waals surface area contributed by atoms with E-state index in [4.69, 9.17) is 66.3 Å². The van der Waals surface area contributed by atoms with E-state index in [2.05, 4.69) is 0 Å². The van der Waals surface area contributed by atoms with Crippen LogP contribution in [0.15, 0.2) is 18.2 Å². The Morgan fingerprint density at radius 1 is 0.690 bits per heavy atom. The standard InChI is InChI=1S/C58H84O26/c1-22(2)57(69)84-56-28(8)77-43(21-58(56,10)70)81-37-18-41(73-24(4)48(37)65)80-36-19-42(74-25(5)47(36)64)83-55-33(54(72-12)51(68)46(63)23(3)59)15-31-13-30-14-32(16-34(61)44(30)49(66)45(31)50(55)67)79-40-20-38(78-29(9)60)53(27(7)76-40)82-39-17-35(62)52(71-11)26(6)75-39/h13-14,16,22-28,33,35-43,46-48,52-56,59,61-66,70H,15,17-21H2,1-12H3/t23-,24-,25+,26-,27-,28-,33+,35-,36+,37-,38-,39-,40-,41+,42-,43-,46+,47+,48-,52+,53+,54+,55+,56-,58-/m1/s1. The van der Waals surface area contributed by atoms with Gasteiger partial charge in [0.1, 0.15) is 71.7 Å². The largest absolute Gasteiger partial charge is 0.507 e. The summed E-state index contributed by atoms with van der Waals surface area (Å²) >= 11 is 0. The van der Waals surface area contributed by atoms with Gasteiger partial charge in [0.15, 0.2) is 42.8 Å². The first-order chi connectivity index (χ1) is 39.5. The zero-order valence-electron chi connectivity index (χ0n) is 49.3. The summed E-state index contributed by atoms with van der Waals surface area (Å²) in [5.41, 5.74) is -1.66. The van der Waals surface area contributed by atoms with Gasteiger partial charge >= 0.3 is 11.9 Å². The lowest BCUT2D eigenvalue weighted by Gasteiger charge is -2.47. The smallest absolute Gasteiger partial charge is 0.308 e. The number of carbonyl (C=O) groups is 4. The van der Waals surface area contributed by atoms with Crippen molar-refractivity contribution in [1.82, 2.24) is 0 Å². The molecule has 26 nitrogen and oxygen atoms in total. The molecule has 84 heavy (non-hydrogen) atoms. The maximum atomic E-state index is 15.1. The molecule has 0 spiro atoms. The minimum Gasteiger partial charge on any atom is -0.507 e. The molecule has 6 aliphatic rings. The second-order valence-electron chi connectivity index (χ2n) is 23.7. The predicted octanol–water partition coefficient (Wildman–Crippen LogP) is 1.87. The van der Waals surface area contributed by atoms with Crippen LogP contribution in [-0.2, 0) is 82.4 Å². The van der Waals surface area contributed by atoms with E-state index in [0.29, 0.717) is 0 Å². The topological polar surface area (TPSA) is 359 Å². The van der Waals surface area contributed by atoms with Gasteiger partial charge in [0.25, 0.3) is 0 Å². The van der Waals surface area contributed by atoms with Crippen LogP contribution < -0.4 is 4.74 Å². The van der Waals surface area contributed by atoms with Crippen molar-refractivity contribution < 1.29 is 126 Å². The lowest BCUT2D eigenvalue weighted by molar-refractivity contribution is -0.334. The number of fused-ring (bicyclic) bond motifs is 2. The van der Waals surface area contributed by atoms with E-state index in [1.165, 1.54) is 60.1 Å². The Labute approximate surface area is 486 Å². The summed E-state index contributed by atoms with van der Waals surface area (Å²) in [6.07, 6.45) is -25.8. The van der Waals surface area contributed by atoms with Gasteiger partial charge in [-0.2, -0.15) is 0 Å². The normalized spacial score (nSPS) is 39.5. The lowest BCUT2D eigenvalue weighted by atomic mass is 9.75. The monoisotopic (exact) mass is 1200 g/mol. The number of phenolic OH excluding ortho intramolecular Hbond substituents is 2. The van der Waals surface area contributed by atoms with E-state index in [-0.39, 0.29) is 66.2 Å². The summed E-state index contributed by atoms with van der Waals surface area (Å²) in [6.45, 7) is 15.5. The first-order valence-electron chi connectivity index (χ1n) is 28.7. The quantitative estimate of drug-likeness (QED) is 0.0931. The molecule has 2 aromatic carbocycles. The number of esters is 2. The molecule has 5 saturated heterocycles. The molecule has 0 bridgehead atoms. The van der Waals surface area contributed by atoms with Crippen LogP contribution >= 0.6 is 0 Å². The number of hydrogen-bond donors (Lipinski definition) is 8. The second kappa shape index (κ2) is 27.0. The molecular formula is C58H84O26. The van der Waals surface area contributed by atoms with Crippen molar-refractivity contribution in [2.45, 2.75) is 255 Å². The number of Topliss-reactive ketones (excluding diaryl/α,β-unsaturated/α-hetero) is 2. The third-order valence-corrected chi connectivity index (χ3v) is 16.7. The van der Waals surface area contributed by atoms with Crippen LogP contribution in [0.5, 0.6) is 17.2 Å². The summed E-state index contributed by atoms with van der Waals surface area (Å²) in [5, 5.41) is 89.7. The number of aliphatic hydroxyl groups is 6. The van der Waals surface area contributed by atoms with Crippen molar-refractivity contribution in [3.05, 3.63) is 29.3 Å². The summed E-state index contributed by atoms with van der Waals surface area (Å²) in [7, 11) is 2.65. The summed E-state index contributed by atoms with van der Waals surface area (Å²) in [5.74, 6) is -5.81. The zero-order valence-corrected chi connectivity index (χ0v) is 49.3. The van der Waals surface area contributed by atoms with E-state index in [9.17, 15) is 55.2 Å². The van der Waals surface area contributed by atoms with Crippen molar-refractivity contribution in [1.29, 1.82) is 0 Å². The lowest BCUT2D eigenvalue weighted by Crippen LogP contribution is -2.59. The molecule has 472 valence electrons. The molecule has 0 aromatic heterocycles. The molecule has 5 aliphatic heterocycles. The number of ketones is 2. The van der Waals surface area contributed by atoms with Crippen molar-refractivity contribution in [3.8, 4) is 17.2 Å². The van der Waals surface area contributed by atoms with Gasteiger partial charge in [-0.15, -0.1) is 0 Å². The highest BCUT2D eigenvalue weighted by molar-refractivity contribution is 6.11. The van der Waals surface area contributed by atoms with Crippen molar-refractivity contribution in [2.75, 3.05) is 14.2 Å². The van der Waals surface area contributed by atoms with E-state index in [1.807, 2.05) is 0 Å². The Kier molecular flexibility index (Phi) is 21.1. The minimum atomic E-state index is -1.96. The van der Waals surface area contributed by atoms with Crippen LogP contribution in [-0.4, -0.2) is 225 Å². The van der Waals surface area contributed by atoms with Crippen LogP contribution in [0, 0.1) is 11.8 Å². The zero-order chi connectivity index (χ0) is 61.5. The van der Waals surface area contributed by atoms with E-state index in [1.54, 1.807) is 41.5 Å². The molecule has 26 heteroatoms. The average Bonchev–Trinajstić information content (AvgIpc) is 2.44. The first kappa shape index (κ1) is 65.7. The SMILES string of the molecule is CO[C@@H]1[C@H](O)C[C@@H](O[C@H]2[C@@H](C)O[C@H](Oc3cc(O)c4c(O)c5c(cc4c3)C[C@@H]([C@H](OC)C(=O)[C@@H](O)[C@@H](C)O)[C@H](O[C@@H]3C[C@H](O[C@H]4C[C@@H](O[C@@H]6C[C@@](C)(O)[C@H](OC(=O)C(C)C)[C@@H](C)O6)[C@H](O)[C@@H](C)O4)[C@@H](O)[C@H](C)O3)C5=O)C[C@H]2OC(C)=O)O[C@@H]1C. The number of rotatable bonds is 19. The molecule has 0 saturated carbocycles.